The molecule has 0 saturated heterocycles. The van der Waals surface area contributed by atoms with Gasteiger partial charge in [0.25, 0.3) is 0 Å². The zero-order valence-corrected chi connectivity index (χ0v) is 18.8. The van der Waals surface area contributed by atoms with Crippen LogP contribution in [0.15, 0.2) is 78.9 Å². The second-order valence-electron chi connectivity index (χ2n) is 7.58. The summed E-state index contributed by atoms with van der Waals surface area (Å²) in [6.45, 7) is 2.95. The number of nitrogens with one attached hydrogen (secondary N) is 2. The number of carbonyl (C=O) groups excluding carboxylic acids is 2. The molecule has 1 unspecified atom stereocenters. The molecule has 1 atom stereocenters. The van der Waals surface area contributed by atoms with Gasteiger partial charge >= 0.3 is 0 Å². The van der Waals surface area contributed by atoms with Crippen molar-refractivity contribution in [3.8, 4) is 0 Å². The Balaban J connectivity index is 1.46. The van der Waals surface area contributed by atoms with E-state index in [1.165, 1.54) is 6.92 Å². The number of hydrogen-bond acceptors (Lipinski definition) is 3. The summed E-state index contributed by atoms with van der Waals surface area (Å²) >= 11 is 5.94. The SMILES string of the molecule is CC(=O)NC(CC(=O)NCc1ccc(COCc2ccccc2)cc1)c1ccc(Cl)cc1. The third kappa shape index (κ3) is 7.84. The van der Waals surface area contributed by atoms with E-state index in [4.69, 9.17) is 16.3 Å². The number of carbonyl (C=O) groups is 2. The lowest BCUT2D eigenvalue weighted by molar-refractivity contribution is -0.122. The highest BCUT2D eigenvalue weighted by atomic mass is 35.5. The van der Waals surface area contributed by atoms with Crippen LogP contribution in [0.1, 0.15) is 41.6 Å². The van der Waals surface area contributed by atoms with Crippen molar-refractivity contribution >= 4 is 23.4 Å². The predicted molar refractivity (Wildman–Crippen MR) is 126 cm³/mol. The molecule has 0 fully saturated rings. The number of amides is 2. The molecule has 0 aliphatic heterocycles. The molecule has 0 aliphatic carbocycles. The Labute approximate surface area is 193 Å². The number of ether oxygens (including phenoxy) is 1. The van der Waals surface area contributed by atoms with E-state index in [0.717, 1.165) is 22.3 Å². The average molecular weight is 451 g/mol. The number of benzene rings is 3. The fourth-order valence-electron chi connectivity index (χ4n) is 3.27. The molecule has 5 nitrogen and oxygen atoms in total. The minimum atomic E-state index is -0.408. The van der Waals surface area contributed by atoms with Gasteiger partial charge in [0.2, 0.25) is 11.8 Å². The van der Waals surface area contributed by atoms with E-state index in [0.29, 0.717) is 24.8 Å². The molecular formula is C26H27ClN2O3. The zero-order chi connectivity index (χ0) is 22.8. The first-order valence-electron chi connectivity index (χ1n) is 10.5. The molecule has 0 spiro atoms. The molecule has 166 valence electrons. The molecule has 2 N–H and O–H groups in total. The van der Waals surface area contributed by atoms with Crippen molar-refractivity contribution < 1.29 is 14.3 Å². The maximum atomic E-state index is 12.5. The Bertz CT molecular complexity index is 1010. The van der Waals surface area contributed by atoms with Crippen LogP contribution in [0.25, 0.3) is 0 Å². The first-order chi connectivity index (χ1) is 15.5. The smallest absolute Gasteiger partial charge is 0.222 e. The zero-order valence-electron chi connectivity index (χ0n) is 18.0. The third-order valence-electron chi connectivity index (χ3n) is 4.93. The largest absolute Gasteiger partial charge is 0.372 e. The molecule has 3 aromatic rings. The van der Waals surface area contributed by atoms with E-state index < -0.39 is 6.04 Å². The minimum absolute atomic E-state index is 0.144. The summed E-state index contributed by atoms with van der Waals surface area (Å²) in [5, 5.41) is 6.35. The number of halogens is 1. The third-order valence-corrected chi connectivity index (χ3v) is 5.18. The highest BCUT2D eigenvalue weighted by molar-refractivity contribution is 6.30. The second kappa shape index (κ2) is 12.0. The molecule has 0 aliphatic rings. The average Bonchev–Trinajstić information content (AvgIpc) is 2.79. The van der Waals surface area contributed by atoms with Crippen LogP contribution >= 0.6 is 11.6 Å². The Hall–Kier alpha value is -3.15. The van der Waals surface area contributed by atoms with E-state index in [2.05, 4.69) is 10.6 Å². The summed E-state index contributed by atoms with van der Waals surface area (Å²) in [6.07, 6.45) is 0.145. The van der Waals surface area contributed by atoms with E-state index in [9.17, 15) is 9.59 Å². The molecule has 0 bridgehead atoms. The van der Waals surface area contributed by atoms with Crippen LogP contribution in [-0.4, -0.2) is 11.8 Å². The lowest BCUT2D eigenvalue weighted by atomic mass is 10.0. The van der Waals surface area contributed by atoms with Gasteiger partial charge in [-0.2, -0.15) is 0 Å². The van der Waals surface area contributed by atoms with Gasteiger partial charge in [0.15, 0.2) is 0 Å². The van der Waals surface area contributed by atoms with Gasteiger partial charge in [-0.25, -0.2) is 0 Å². The summed E-state index contributed by atoms with van der Waals surface area (Å²) in [7, 11) is 0. The summed E-state index contributed by atoms with van der Waals surface area (Å²) in [6, 6.07) is 24.7. The highest BCUT2D eigenvalue weighted by Crippen LogP contribution is 2.19. The minimum Gasteiger partial charge on any atom is -0.372 e. The van der Waals surface area contributed by atoms with Crippen molar-refractivity contribution in [3.63, 3.8) is 0 Å². The molecular weight excluding hydrogens is 424 g/mol. The Morgan fingerprint density at radius 1 is 0.844 bits per heavy atom. The lowest BCUT2D eigenvalue weighted by Crippen LogP contribution is -2.32. The highest BCUT2D eigenvalue weighted by Gasteiger charge is 2.17. The molecule has 3 aromatic carbocycles. The first-order valence-corrected chi connectivity index (χ1v) is 10.9. The Kier molecular flexibility index (Phi) is 8.84. The molecule has 3 rings (SSSR count). The molecule has 0 heterocycles. The van der Waals surface area contributed by atoms with Crippen LogP contribution < -0.4 is 10.6 Å². The summed E-state index contributed by atoms with van der Waals surface area (Å²) in [5.74, 6) is -0.336. The lowest BCUT2D eigenvalue weighted by Gasteiger charge is -2.18. The summed E-state index contributed by atoms with van der Waals surface area (Å²) in [5.41, 5.74) is 4.04. The predicted octanol–water partition coefficient (Wildman–Crippen LogP) is 4.94. The van der Waals surface area contributed by atoms with Gasteiger partial charge in [-0.15, -0.1) is 0 Å². The number of hydrogen-bond donors (Lipinski definition) is 2. The summed E-state index contributed by atoms with van der Waals surface area (Å²) in [4.78, 5) is 24.0. The Morgan fingerprint density at radius 2 is 1.44 bits per heavy atom. The van der Waals surface area contributed by atoms with Crippen LogP contribution in [0.4, 0.5) is 0 Å². The van der Waals surface area contributed by atoms with Crippen LogP contribution in [-0.2, 0) is 34.1 Å². The standard InChI is InChI=1S/C26H27ClN2O3/c1-19(30)29-25(23-11-13-24(27)14-12-23)15-26(31)28-16-20-7-9-22(10-8-20)18-32-17-21-5-3-2-4-6-21/h2-14,25H,15-18H2,1H3,(H,28,31)(H,29,30). The second-order valence-corrected chi connectivity index (χ2v) is 8.02. The molecule has 32 heavy (non-hydrogen) atoms. The van der Waals surface area contributed by atoms with Crippen LogP contribution in [0.3, 0.4) is 0 Å². The molecule has 0 saturated carbocycles. The van der Waals surface area contributed by atoms with Gasteiger partial charge in [0, 0.05) is 18.5 Å². The monoisotopic (exact) mass is 450 g/mol. The fourth-order valence-corrected chi connectivity index (χ4v) is 3.39. The maximum Gasteiger partial charge on any atom is 0.222 e. The molecule has 0 aromatic heterocycles. The van der Waals surface area contributed by atoms with Gasteiger partial charge in [0.1, 0.15) is 0 Å². The van der Waals surface area contributed by atoms with Gasteiger partial charge < -0.3 is 15.4 Å². The summed E-state index contributed by atoms with van der Waals surface area (Å²) < 4.78 is 5.76. The van der Waals surface area contributed by atoms with Crippen molar-refractivity contribution in [2.45, 2.75) is 39.1 Å². The topological polar surface area (TPSA) is 67.4 Å². The van der Waals surface area contributed by atoms with Crippen molar-refractivity contribution in [2.24, 2.45) is 0 Å². The molecule has 2 amide bonds. The quantitative estimate of drug-likeness (QED) is 0.459. The maximum absolute atomic E-state index is 12.5. The first kappa shape index (κ1) is 23.5. The van der Waals surface area contributed by atoms with Gasteiger partial charge in [-0.1, -0.05) is 78.3 Å². The van der Waals surface area contributed by atoms with E-state index in [1.54, 1.807) is 12.1 Å². The van der Waals surface area contributed by atoms with Crippen molar-refractivity contribution in [2.75, 3.05) is 0 Å². The van der Waals surface area contributed by atoms with Gasteiger partial charge in [-0.3, -0.25) is 9.59 Å². The van der Waals surface area contributed by atoms with Crippen molar-refractivity contribution in [1.29, 1.82) is 0 Å². The van der Waals surface area contributed by atoms with Crippen molar-refractivity contribution in [3.05, 3.63) is 106 Å². The van der Waals surface area contributed by atoms with Crippen LogP contribution in [0.5, 0.6) is 0 Å². The Morgan fingerprint density at radius 3 is 2.06 bits per heavy atom. The normalized spacial score (nSPS) is 11.6. The van der Waals surface area contributed by atoms with Crippen LogP contribution in [0.2, 0.25) is 5.02 Å². The van der Waals surface area contributed by atoms with E-state index in [1.807, 2.05) is 66.7 Å². The number of rotatable bonds is 10. The fraction of sp³-hybridized carbons (Fsp3) is 0.231. The van der Waals surface area contributed by atoms with Crippen molar-refractivity contribution in [1.82, 2.24) is 10.6 Å². The van der Waals surface area contributed by atoms with Crippen LogP contribution in [0, 0.1) is 0 Å². The van der Waals surface area contributed by atoms with E-state index in [-0.39, 0.29) is 18.2 Å². The molecule has 6 heteroatoms. The molecule has 0 radical (unpaired) electrons. The van der Waals surface area contributed by atoms with E-state index >= 15 is 0 Å². The van der Waals surface area contributed by atoms with Gasteiger partial charge in [0.05, 0.1) is 25.7 Å². The van der Waals surface area contributed by atoms with Gasteiger partial charge in [-0.05, 0) is 34.4 Å².